The lowest BCUT2D eigenvalue weighted by atomic mass is 9.86. The van der Waals surface area contributed by atoms with Crippen LogP contribution in [0.5, 0.6) is 5.75 Å². The van der Waals surface area contributed by atoms with Crippen molar-refractivity contribution in [3.05, 3.63) is 29.3 Å². The molecule has 0 saturated heterocycles. The van der Waals surface area contributed by atoms with Crippen molar-refractivity contribution in [2.24, 2.45) is 5.92 Å². The molecule has 2 rings (SSSR count). The Morgan fingerprint density at radius 1 is 1.15 bits per heavy atom. The van der Waals surface area contributed by atoms with Crippen LogP contribution in [0.2, 0.25) is 0 Å². The van der Waals surface area contributed by atoms with Crippen molar-refractivity contribution in [1.29, 1.82) is 0 Å². The van der Waals surface area contributed by atoms with Crippen LogP contribution >= 0.6 is 0 Å². The molecule has 27 heavy (non-hydrogen) atoms. The number of phenolic OH excluding ortho intramolecular Hbond substituents is 1. The minimum atomic E-state index is -1.17. The number of nitrogens with one attached hydrogen (secondary N) is 2. The number of phenols is 1. The molecule has 6 nitrogen and oxygen atoms in total. The minimum absolute atomic E-state index is 0.0343. The average molecular weight is 384 g/mol. The largest absolute Gasteiger partial charge is 0.503 e. The zero-order chi connectivity index (χ0) is 20.2. The van der Waals surface area contributed by atoms with Gasteiger partial charge in [0, 0.05) is 18.2 Å². The van der Waals surface area contributed by atoms with Gasteiger partial charge in [0.2, 0.25) is 0 Å². The van der Waals surface area contributed by atoms with E-state index in [2.05, 4.69) is 10.6 Å². The van der Waals surface area contributed by atoms with Gasteiger partial charge in [0.1, 0.15) is 5.60 Å². The number of halogens is 2. The molecular formula is C19H26F2N2O4. The van der Waals surface area contributed by atoms with Crippen LogP contribution in [0.1, 0.15) is 56.8 Å². The van der Waals surface area contributed by atoms with Crippen LogP contribution in [-0.4, -0.2) is 35.3 Å². The number of aromatic hydroxyl groups is 1. The standard InChI is InChI=1S/C19H26F2N2O4/c1-19(2,3)27-18(26)23-13-6-4-11(5-7-13)10-22-17(25)12-8-14(20)16(24)15(21)9-12/h8-9,11,13,24H,4-7,10H2,1-3H3,(H,22,25)(H,23,26). The Hall–Kier alpha value is -2.38. The first kappa shape index (κ1) is 20.9. The van der Waals surface area contributed by atoms with Crippen molar-refractivity contribution in [2.75, 3.05) is 6.54 Å². The third-order valence-corrected chi connectivity index (χ3v) is 4.40. The molecule has 0 radical (unpaired) electrons. The van der Waals surface area contributed by atoms with Gasteiger partial charge in [-0.3, -0.25) is 4.79 Å². The highest BCUT2D eigenvalue weighted by molar-refractivity contribution is 5.94. The summed E-state index contributed by atoms with van der Waals surface area (Å²) in [4.78, 5) is 23.8. The number of carbonyl (C=O) groups excluding carboxylic acids is 2. The monoisotopic (exact) mass is 384 g/mol. The summed E-state index contributed by atoms with van der Waals surface area (Å²) in [6.45, 7) is 5.79. The Kier molecular flexibility index (Phi) is 6.62. The van der Waals surface area contributed by atoms with Crippen LogP contribution in [0.4, 0.5) is 13.6 Å². The van der Waals surface area contributed by atoms with Gasteiger partial charge in [-0.25, -0.2) is 13.6 Å². The highest BCUT2D eigenvalue weighted by atomic mass is 19.1. The van der Waals surface area contributed by atoms with E-state index in [1.807, 2.05) is 0 Å². The summed E-state index contributed by atoms with van der Waals surface area (Å²) in [6, 6.07) is 1.64. The lowest BCUT2D eigenvalue weighted by molar-refractivity contribution is 0.0487. The number of carbonyl (C=O) groups is 2. The summed E-state index contributed by atoms with van der Waals surface area (Å²) in [5, 5.41) is 14.6. The molecule has 3 N–H and O–H groups in total. The van der Waals surface area contributed by atoms with Gasteiger partial charge >= 0.3 is 6.09 Å². The third-order valence-electron chi connectivity index (χ3n) is 4.40. The lowest BCUT2D eigenvalue weighted by Crippen LogP contribution is -2.42. The molecule has 1 saturated carbocycles. The van der Waals surface area contributed by atoms with E-state index < -0.39 is 35.0 Å². The van der Waals surface area contributed by atoms with Gasteiger partial charge in [0.25, 0.3) is 5.91 Å². The summed E-state index contributed by atoms with van der Waals surface area (Å²) in [6.07, 6.45) is 2.71. The maximum Gasteiger partial charge on any atom is 0.407 e. The molecular weight excluding hydrogens is 358 g/mol. The number of ether oxygens (including phenoxy) is 1. The molecule has 0 aromatic heterocycles. The molecule has 0 unspecified atom stereocenters. The van der Waals surface area contributed by atoms with Crippen molar-refractivity contribution in [3.63, 3.8) is 0 Å². The van der Waals surface area contributed by atoms with E-state index in [0.29, 0.717) is 6.54 Å². The van der Waals surface area contributed by atoms with Crippen LogP contribution in [0.3, 0.4) is 0 Å². The van der Waals surface area contributed by atoms with Gasteiger partial charge in [-0.1, -0.05) is 0 Å². The van der Waals surface area contributed by atoms with Gasteiger partial charge in [0.15, 0.2) is 17.4 Å². The zero-order valence-electron chi connectivity index (χ0n) is 15.8. The molecule has 8 heteroatoms. The number of alkyl carbamates (subject to hydrolysis) is 1. The Bertz CT molecular complexity index is 672. The number of hydrogen-bond donors (Lipinski definition) is 3. The number of amides is 2. The Balaban J connectivity index is 1.76. The van der Waals surface area contributed by atoms with Crippen molar-refractivity contribution in [1.82, 2.24) is 10.6 Å². The minimum Gasteiger partial charge on any atom is -0.503 e. The van der Waals surface area contributed by atoms with Crippen molar-refractivity contribution in [3.8, 4) is 5.75 Å². The third kappa shape index (κ3) is 6.37. The summed E-state index contributed by atoms with van der Waals surface area (Å²) >= 11 is 0. The Morgan fingerprint density at radius 2 is 1.70 bits per heavy atom. The fraction of sp³-hybridized carbons (Fsp3) is 0.579. The molecule has 150 valence electrons. The molecule has 1 fully saturated rings. The highest BCUT2D eigenvalue weighted by Crippen LogP contribution is 2.25. The lowest BCUT2D eigenvalue weighted by Gasteiger charge is -2.30. The molecule has 1 aromatic rings. The second-order valence-electron chi connectivity index (χ2n) is 7.86. The Labute approximate surface area is 157 Å². The fourth-order valence-corrected chi connectivity index (χ4v) is 3.02. The Morgan fingerprint density at radius 3 is 2.22 bits per heavy atom. The smallest absolute Gasteiger partial charge is 0.407 e. The fourth-order valence-electron chi connectivity index (χ4n) is 3.02. The second kappa shape index (κ2) is 8.54. The van der Waals surface area contributed by atoms with Crippen molar-refractivity contribution >= 4 is 12.0 Å². The van der Waals surface area contributed by atoms with Crippen LogP contribution < -0.4 is 10.6 Å². The molecule has 0 heterocycles. The maximum atomic E-state index is 13.3. The van der Waals surface area contributed by atoms with Gasteiger partial charge in [-0.2, -0.15) is 0 Å². The van der Waals surface area contributed by atoms with Crippen LogP contribution in [0, 0.1) is 17.6 Å². The first-order chi connectivity index (χ1) is 12.5. The van der Waals surface area contributed by atoms with Crippen molar-refractivity contribution in [2.45, 2.75) is 58.1 Å². The maximum absolute atomic E-state index is 13.3. The van der Waals surface area contributed by atoms with Crippen LogP contribution in [-0.2, 0) is 4.74 Å². The molecule has 1 aromatic carbocycles. The number of hydrogen-bond acceptors (Lipinski definition) is 4. The predicted molar refractivity (Wildman–Crippen MR) is 95.5 cm³/mol. The molecule has 0 bridgehead atoms. The van der Waals surface area contributed by atoms with E-state index in [-0.39, 0.29) is 17.5 Å². The summed E-state index contributed by atoms with van der Waals surface area (Å²) in [5.74, 6) is -3.82. The van der Waals surface area contributed by atoms with E-state index in [9.17, 15) is 18.4 Å². The summed E-state index contributed by atoms with van der Waals surface area (Å²) in [5.41, 5.74) is -0.721. The molecule has 1 aliphatic carbocycles. The second-order valence-corrected chi connectivity index (χ2v) is 7.86. The molecule has 1 aliphatic rings. The quantitative estimate of drug-likeness (QED) is 0.742. The van der Waals surface area contributed by atoms with Gasteiger partial charge < -0.3 is 20.5 Å². The average Bonchev–Trinajstić information content (AvgIpc) is 2.56. The zero-order valence-corrected chi connectivity index (χ0v) is 15.8. The van der Waals surface area contributed by atoms with Crippen molar-refractivity contribution < 1.29 is 28.2 Å². The van der Waals surface area contributed by atoms with E-state index in [0.717, 1.165) is 37.8 Å². The highest BCUT2D eigenvalue weighted by Gasteiger charge is 2.25. The predicted octanol–water partition coefficient (Wildman–Crippen LogP) is 3.48. The van der Waals surface area contributed by atoms with E-state index in [4.69, 9.17) is 9.84 Å². The summed E-state index contributed by atoms with van der Waals surface area (Å²) < 4.78 is 31.9. The first-order valence-corrected chi connectivity index (χ1v) is 9.01. The van der Waals surface area contributed by atoms with E-state index >= 15 is 0 Å². The van der Waals surface area contributed by atoms with Crippen LogP contribution in [0.15, 0.2) is 12.1 Å². The van der Waals surface area contributed by atoms with E-state index in [1.165, 1.54) is 0 Å². The number of benzene rings is 1. The molecule has 0 aliphatic heterocycles. The summed E-state index contributed by atoms with van der Waals surface area (Å²) in [7, 11) is 0. The normalized spacial score (nSPS) is 20.0. The SMILES string of the molecule is CC(C)(C)OC(=O)NC1CCC(CNC(=O)c2cc(F)c(O)c(F)c2)CC1. The van der Waals surface area contributed by atoms with E-state index in [1.54, 1.807) is 20.8 Å². The first-order valence-electron chi connectivity index (χ1n) is 9.01. The molecule has 0 atom stereocenters. The topological polar surface area (TPSA) is 87.7 Å². The van der Waals surface area contributed by atoms with Gasteiger partial charge in [0.05, 0.1) is 0 Å². The molecule has 0 spiro atoms. The van der Waals surface area contributed by atoms with Gasteiger partial charge in [-0.15, -0.1) is 0 Å². The molecule has 2 amide bonds. The van der Waals surface area contributed by atoms with Gasteiger partial charge in [-0.05, 0) is 64.5 Å². The number of rotatable bonds is 4. The van der Waals surface area contributed by atoms with Crippen LogP contribution in [0.25, 0.3) is 0 Å².